The van der Waals surface area contributed by atoms with Crippen LogP contribution in [0.4, 0.5) is 0 Å². The smallest absolute Gasteiger partial charge is 0.262 e. The summed E-state index contributed by atoms with van der Waals surface area (Å²) in [5, 5.41) is 4.30. The minimum atomic E-state index is -0.184. The van der Waals surface area contributed by atoms with E-state index in [4.69, 9.17) is 23.8 Å². The second-order valence-electron chi connectivity index (χ2n) is 8.05. The van der Waals surface area contributed by atoms with Gasteiger partial charge in [0.1, 0.15) is 0 Å². The van der Waals surface area contributed by atoms with Gasteiger partial charge >= 0.3 is 0 Å². The number of benzene rings is 2. The summed E-state index contributed by atoms with van der Waals surface area (Å²) in [6, 6.07) is 12.6. The second-order valence-corrected chi connectivity index (χ2v) is 8.87. The van der Waals surface area contributed by atoms with Gasteiger partial charge in [-0.15, -0.1) is 0 Å². The van der Waals surface area contributed by atoms with Gasteiger partial charge in [-0.3, -0.25) is 14.2 Å². The number of halogens is 1. The number of aromatic nitrogens is 2. The number of nitrogens with one attached hydrogen (secondary N) is 2. The Morgan fingerprint density at radius 1 is 1.20 bits per heavy atom. The Morgan fingerprint density at radius 2 is 1.93 bits per heavy atom. The molecule has 0 spiro atoms. The number of nitrogens with zero attached hydrogens (tertiary/aromatic N) is 1. The van der Waals surface area contributed by atoms with Crippen molar-refractivity contribution in [2.75, 3.05) is 0 Å². The Morgan fingerprint density at radius 3 is 2.67 bits per heavy atom. The third-order valence-corrected chi connectivity index (χ3v) is 6.50. The van der Waals surface area contributed by atoms with Crippen molar-refractivity contribution < 1.29 is 4.79 Å². The molecular weight excluding hydrogens is 418 g/mol. The average Bonchev–Trinajstić information content (AvgIpc) is 2.73. The van der Waals surface area contributed by atoms with E-state index in [1.807, 2.05) is 12.1 Å². The number of H-pyrrole nitrogens is 1. The maximum atomic E-state index is 13.0. The molecule has 0 unspecified atom stereocenters. The van der Waals surface area contributed by atoms with Crippen LogP contribution in [0.25, 0.3) is 10.9 Å². The van der Waals surface area contributed by atoms with Crippen LogP contribution >= 0.6 is 23.8 Å². The number of hydrogen-bond donors (Lipinski definition) is 2. The Bertz CT molecular complexity index is 1200. The molecule has 156 valence electrons. The van der Waals surface area contributed by atoms with E-state index < -0.39 is 0 Å². The number of hydrogen-bond acceptors (Lipinski definition) is 3. The zero-order chi connectivity index (χ0) is 21.3. The SMILES string of the molecule is C[C@H]1CCCC[C@@H]1NC(=O)c1ccc2c(=O)n(Cc3ccc(Cl)cc3)c(=S)[nH]c2c1. The van der Waals surface area contributed by atoms with Crippen LogP contribution in [-0.4, -0.2) is 21.5 Å². The number of carbonyl (C=O) groups excluding carboxylic acids is 1. The lowest BCUT2D eigenvalue weighted by molar-refractivity contribution is 0.0910. The van der Waals surface area contributed by atoms with Crippen LogP contribution < -0.4 is 10.9 Å². The van der Waals surface area contributed by atoms with E-state index in [-0.39, 0.29) is 17.5 Å². The lowest BCUT2D eigenvalue weighted by atomic mass is 9.86. The van der Waals surface area contributed by atoms with Gasteiger partial charge in [0, 0.05) is 16.6 Å². The van der Waals surface area contributed by atoms with Gasteiger partial charge in [-0.2, -0.15) is 0 Å². The standard InChI is InChI=1S/C23H24ClN3O2S/c1-14-4-2-3-5-19(14)25-21(28)16-8-11-18-20(12-16)26-23(30)27(22(18)29)13-15-6-9-17(24)10-7-15/h6-12,14,19H,2-5,13H2,1H3,(H,25,28)(H,26,30)/t14-,19-/m0/s1. The van der Waals surface area contributed by atoms with Gasteiger partial charge in [0.05, 0.1) is 17.4 Å². The molecule has 1 aromatic heterocycles. The number of aromatic amines is 1. The van der Waals surface area contributed by atoms with Gasteiger partial charge < -0.3 is 10.3 Å². The van der Waals surface area contributed by atoms with Crippen LogP contribution in [-0.2, 0) is 6.54 Å². The van der Waals surface area contributed by atoms with E-state index in [0.717, 1.165) is 24.8 Å². The van der Waals surface area contributed by atoms with Crippen LogP contribution in [0.15, 0.2) is 47.3 Å². The van der Waals surface area contributed by atoms with E-state index in [1.54, 1.807) is 30.3 Å². The monoisotopic (exact) mass is 441 g/mol. The minimum absolute atomic E-state index is 0.111. The van der Waals surface area contributed by atoms with Crippen molar-refractivity contribution in [3.8, 4) is 0 Å². The van der Waals surface area contributed by atoms with Crippen molar-refractivity contribution in [1.29, 1.82) is 0 Å². The largest absolute Gasteiger partial charge is 0.349 e. The molecule has 7 heteroatoms. The van der Waals surface area contributed by atoms with Gasteiger partial charge in [0.25, 0.3) is 11.5 Å². The summed E-state index contributed by atoms with van der Waals surface area (Å²) in [6.45, 7) is 2.54. The summed E-state index contributed by atoms with van der Waals surface area (Å²) in [5.74, 6) is 0.370. The fourth-order valence-electron chi connectivity index (χ4n) is 4.09. The summed E-state index contributed by atoms with van der Waals surface area (Å²) < 4.78 is 1.84. The summed E-state index contributed by atoms with van der Waals surface area (Å²) in [5.41, 5.74) is 1.84. The molecule has 1 aliphatic rings. The summed E-state index contributed by atoms with van der Waals surface area (Å²) in [7, 11) is 0. The molecule has 0 bridgehead atoms. The van der Waals surface area contributed by atoms with E-state index in [9.17, 15) is 9.59 Å². The van der Waals surface area contributed by atoms with Crippen molar-refractivity contribution in [3.05, 3.63) is 73.7 Å². The van der Waals surface area contributed by atoms with E-state index >= 15 is 0 Å². The molecule has 1 amide bonds. The van der Waals surface area contributed by atoms with E-state index in [2.05, 4.69) is 17.2 Å². The first-order valence-electron chi connectivity index (χ1n) is 10.2. The van der Waals surface area contributed by atoms with Gasteiger partial charge in [0.15, 0.2) is 4.77 Å². The fourth-order valence-corrected chi connectivity index (χ4v) is 4.48. The third kappa shape index (κ3) is 4.35. The topological polar surface area (TPSA) is 66.9 Å². The molecular formula is C23H24ClN3O2S. The normalized spacial score (nSPS) is 19.0. The van der Waals surface area contributed by atoms with E-state index in [0.29, 0.717) is 38.7 Å². The molecule has 30 heavy (non-hydrogen) atoms. The highest BCUT2D eigenvalue weighted by Gasteiger charge is 2.23. The van der Waals surface area contributed by atoms with Crippen LogP contribution in [0.5, 0.6) is 0 Å². The van der Waals surface area contributed by atoms with Crippen molar-refractivity contribution >= 4 is 40.6 Å². The summed E-state index contributed by atoms with van der Waals surface area (Å²) in [4.78, 5) is 28.9. The molecule has 5 nitrogen and oxygen atoms in total. The van der Waals surface area contributed by atoms with Crippen molar-refractivity contribution in [2.24, 2.45) is 5.92 Å². The summed E-state index contributed by atoms with van der Waals surface area (Å²) >= 11 is 11.4. The molecule has 0 radical (unpaired) electrons. The van der Waals surface area contributed by atoms with Gasteiger partial charge in [-0.05, 0) is 66.9 Å². The van der Waals surface area contributed by atoms with Gasteiger partial charge in [-0.25, -0.2) is 0 Å². The molecule has 1 fully saturated rings. The number of amides is 1. The molecule has 1 heterocycles. The zero-order valence-electron chi connectivity index (χ0n) is 16.8. The lowest BCUT2D eigenvalue weighted by Gasteiger charge is -2.29. The maximum absolute atomic E-state index is 13.0. The van der Waals surface area contributed by atoms with Crippen LogP contribution in [0, 0.1) is 10.7 Å². The highest BCUT2D eigenvalue weighted by atomic mass is 35.5. The Kier molecular flexibility index (Phi) is 6.06. The molecule has 3 aromatic rings. The van der Waals surface area contributed by atoms with Crippen molar-refractivity contribution in [3.63, 3.8) is 0 Å². The molecule has 4 rings (SSSR count). The predicted molar refractivity (Wildman–Crippen MR) is 123 cm³/mol. The fraction of sp³-hybridized carbons (Fsp3) is 0.348. The maximum Gasteiger partial charge on any atom is 0.262 e. The molecule has 0 saturated heterocycles. The number of carbonyl (C=O) groups is 1. The average molecular weight is 442 g/mol. The Balaban J connectivity index is 1.62. The quantitative estimate of drug-likeness (QED) is 0.555. The van der Waals surface area contributed by atoms with E-state index in [1.165, 1.54) is 11.0 Å². The molecule has 1 saturated carbocycles. The zero-order valence-corrected chi connectivity index (χ0v) is 18.4. The van der Waals surface area contributed by atoms with Crippen molar-refractivity contribution in [1.82, 2.24) is 14.9 Å². The number of rotatable bonds is 4. The Hall–Kier alpha value is -2.44. The third-order valence-electron chi connectivity index (χ3n) is 5.93. The lowest BCUT2D eigenvalue weighted by Crippen LogP contribution is -2.41. The first kappa shape index (κ1) is 20.8. The molecule has 0 aliphatic heterocycles. The van der Waals surface area contributed by atoms with Crippen LogP contribution in [0.3, 0.4) is 0 Å². The predicted octanol–water partition coefficient (Wildman–Crippen LogP) is 5.07. The summed E-state index contributed by atoms with van der Waals surface area (Å²) in [6.07, 6.45) is 4.52. The molecule has 1 aliphatic carbocycles. The van der Waals surface area contributed by atoms with Crippen molar-refractivity contribution in [2.45, 2.75) is 45.2 Å². The molecule has 2 atom stereocenters. The first-order chi connectivity index (χ1) is 14.4. The number of fused-ring (bicyclic) bond motifs is 1. The Labute approximate surface area is 185 Å². The molecule has 2 N–H and O–H groups in total. The highest BCUT2D eigenvalue weighted by molar-refractivity contribution is 7.71. The minimum Gasteiger partial charge on any atom is -0.349 e. The van der Waals surface area contributed by atoms with Crippen LogP contribution in [0.1, 0.15) is 48.5 Å². The highest BCUT2D eigenvalue weighted by Crippen LogP contribution is 2.24. The molecule has 2 aromatic carbocycles. The van der Waals surface area contributed by atoms with Gasteiger partial charge in [0.2, 0.25) is 0 Å². The van der Waals surface area contributed by atoms with Gasteiger partial charge in [-0.1, -0.05) is 43.5 Å². The van der Waals surface area contributed by atoms with Crippen LogP contribution in [0.2, 0.25) is 5.02 Å². The first-order valence-corrected chi connectivity index (χ1v) is 11.0. The second kappa shape index (κ2) is 8.74.